The van der Waals surface area contributed by atoms with Crippen molar-refractivity contribution in [3.63, 3.8) is 0 Å². The maximum absolute atomic E-state index is 12.4. The number of aromatic nitrogens is 1. The minimum Gasteiger partial charge on any atom is -0.493 e. The Bertz CT molecular complexity index is 976. The summed E-state index contributed by atoms with van der Waals surface area (Å²) in [5.74, 6) is 6.59. The molecule has 0 spiro atoms. The molecule has 0 aromatic carbocycles. The van der Waals surface area contributed by atoms with Crippen molar-refractivity contribution in [1.29, 1.82) is 0 Å². The van der Waals surface area contributed by atoms with Crippen LogP contribution in [0.25, 0.3) is 0 Å². The second-order valence-corrected chi connectivity index (χ2v) is 17.0. The molecule has 10 radical (unpaired) electrons. The second-order valence-electron chi connectivity index (χ2n) is 12.3. The van der Waals surface area contributed by atoms with E-state index in [4.69, 9.17) is 4.74 Å². The zero-order valence-corrected chi connectivity index (χ0v) is 30.1. The minimum atomic E-state index is -1.17. The number of pyridine rings is 1. The van der Waals surface area contributed by atoms with Crippen LogP contribution in [-0.4, -0.2) is 31.5 Å². The summed E-state index contributed by atoms with van der Waals surface area (Å²) in [7, 11) is -1.17. The third kappa shape index (κ3) is 20.8. The van der Waals surface area contributed by atoms with Gasteiger partial charge in [0.05, 0.1) is 12.5 Å². The molecule has 8 heteroatoms. The molecule has 1 aromatic heterocycles. The van der Waals surface area contributed by atoms with Crippen LogP contribution in [0, 0.1) is 74.7 Å². The molecular formula is C37H53FeN3O3Si+2. The van der Waals surface area contributed by atoms with Crippen LogP contribution in [-0.2, 0) is 26.7 Å². The van der Waals surface area contributed by atoms with Crippen LogP contribution in [0.15, 0.2) is 12.1 Å². The number of amides is 2. The van der Waals surface area contributed by atoms with Gasteiger partial charge in [-0.3, -0.25) is 9.59 Å². The summed E-state index contributed by atoms with van der Waals surface area (Å²) in [6.45, 7) is 11.5. The molecule has 2 aliphatic rings. The fourth-order valence-corrected chi connectivity index (χ4v) is 4.82. The summed E-state index contributed by atoms with van der Waals surface area (Å²) < 4.78 is 5.90. The number of nitrogens with one attached hydrogen (secondary N) is 2. The van der Waals surface area contributed by atoms with Gasteiger partial charge in [-0.2, -0.15) is 0 Å². The summed E-state index contributed by atoms with van der Waals surface area (Å²) in [5.41, 5.74) is 3.31. The van der Waals surface area contributed by atoms with Crippen LogP contribution in [0.4, 0.5) is 11.6 Å². The Morgan fingerprint density at radius 3 is 1.67 bits per heavy atom. The second kappa shape index (κ2) is 24.4. The van der Waals surface area contributed by atoms with Crippen molar-refractivity contribution in [2.45, 2.75) is 111 Å². The summed E-state index contributed by atoms with van der Waals surface area (Å²) in [5, 5.41) is 5.73. The van der Waals surface area contributed by atoms with Crippen molar-refractivity contribution in [3.05, 3.63) is 75.3 Å². The average molecular weight is 672 g/mol. The first kappa shape index (κ1) is 41.2. The number of nitrogens with zero attached hydrogens (tertiary/aromatic N) is 1. The first-order chi connectivity index (χ1) is 21.2. The van der Waals surface area contributed by atoms with Gasteiger partial charge in [0.15, 0.2) is 0 Å². The summed E-state index contributed by atoms with van der Waals surface area (Å²) in [6, 6.07) is 3.41. The van der Waals surface area contributed by atoms with Gasteiger partial charge in [-0.1, -0.05) is 84.9 Å². The van der Waals surface area contributed by atoms with Crippen molar-refractivity contribution < 1.29 is 31.4 Å². The maximum atomic E-state index is 12.4. The number of unbranched alkanes of at least 4 members (excludes halogenated alkanes) is 8. The van der Waals surface area contributed by atoms with E-state index < -0.39 is 8.07 Å². The van der Waals surface area contributed by atoms with Crippen molar-refractivity contribution in [1.82, 2.24) is 4.98 Å². The maximum Gasteiger partial charge on any atom is 2.00 e. The topological polar surface area (TPSA) is 80.3 Å². The number of hydrogen-bond acceptors (Lipinski definition) is 4. The molecule has 6 nitrogen and oxygen atoms in total. The Labute approximate surface area is 287 Å². The standard InChI is InChI=1S/C27H40N3O3.C10H13Si.Fe/c1-3-5-7-9-11-17-26(31)29-24-19-23(33-21-22-15-13-14-16-22)20-25(28-24)30-27(32)18-12-10-8-6-4-2;1-11(2,3)9-8-10-6-4-5-7-10;/h13-16,19-20H,3-12,17-18,21H2,1-2H3,(H2,28,29,30,31,32);4-7H,1-3H3;/q;;+2. The molecule has 2 aliphatic carbocycles. The van der Waals surface area contributed by atoms with E-state index in [0.29, 0.717) is 36.8 Å². The molecule has 244 valence electrons. The van der Waals surface area contributed by atoms with E-state index in [-0.39, 0.29) is 28.9 Å². The average Bonchev–Trinajstić information content (AvgIpc) is 3.70. The van der Waals surface area contributed by atoms with Gasteiger partial charge in [0.2, 0.25) is 11.8 Å². The number of carbonyl (C=O) groups excluding carboxylic acids is 2. The van der Waals surface area contributed by atoms with E-state index in [0.717, 1.165) is 50.4 Å². The summed E-state index contributed by atoms with van der Waals surface area (Å²) in [4.78, 5) is 29.2. The minimum absolute atomic E-state index is 0. The van der Waals surface area contributed by atoms with Gasteiger partial charge in [-0.25, -0.2) is 4.98 Å². The van der Waals surface area contributed by atoms with Gasteiger partial charge >= 0.3 is 17.1 Å². The SMILES string of the molecule is CCCCCCCC(=O)Nc1cc(OC[C]2[CH][CH][CH][CH]2)cc(NC(=O)CCCCCCC)n1.C[Si](C)(C)C#C[C]1[CH][CH][CH][CH]1.[Fe+2]. The third-order valence-corrected chi connectivity index (χ3v) is 7.61. The molecule has 3 rings (SSSR count). The first-order valence-corrected chi connectivity index (χ1v) is 19.9. The quantitative estimate of drug-likeness (QED) is 0.0987. The zero-order valence-electron chi connectivity index (χ0n) is 28.0. The van der Waals surface area contributed by atoms with Gasteiger partial charge in [0.1, 0.15) is 25.5 Å². The largest absolute Gasteiger partial charge is 2.00 e. The van der Waals surface area contributed by atoms with Gasteiger partial charge in [0, 0.05) is 30.9 Å². The monoisotopic (exact) mass is 671 g/mol. The van der Waals surface area contributed by atoms with Crippen LogP contribution in [0.3, 0.4) is 0 Å². The number of rotatable bonds is 17. The van der Waals surface area contributed by atoms with E-state index in [1.54, 1.807) is 12.1 Å². The van der Waals surface area contributed by atoms with E-state index in [1.165, 1.54) is 25.7 Å². The molecule has 1 heterocycles. The van der Waals surface area contributed by atoms with E-state index in [9.17, 15) is 9.59 Å². The normalized spacial score (nSPS) is 14.9. The Morgan fingerprint density at radius 2 is 1.20 bits per heavy atom. The van der Waals surface area contributed by atoms with Crippen LogP contribution in [0.1, 0.15) is 90.9 Å². The van der Waals surface area contributed by atoms with E-state index in [2.05, 4.69) is 60.6 Å². The molecule has 1 aromatic rings. The fourth-order valence-electron chi connectivity index (χ4n) is 4.30. The van der Waals surface area contributed by atoms with Crippen molar-refractivity contribution >= 4 is 31.5 Å². The van der Waals surface area contributed by atoms with Crippen molar-refractivity contribution in [2.24, 2.45) is 0 Å². The predicted octanol–water partition coefficient (Wildman–Crippen LogP) is 8.73. The molecule has 45 heavy (non-hydrogen) atoms. The number of anilines is 2. The van der Waals surface area contributed by atoms with Gasteiger partial charge in [0.25, 0.3) is 0 Å². The molecule has 0 aliphatic heterocycles. The van der Waals surface area contributed by atoms with Crippen molar-refractivity contribution in [2.75, 3.05) is 17.2 Å². The van der Waals surface area contributed by atoms with E-state index >= 15 is 0 Å². The smallest absolute Gasteiger partial charge is 0.493 e. The fraction of sp³-hybridized carbons (Fsp3) is 0.486. The Hall–Kier alpha value is -1.81. The molecule has 2 fully saturated rings. The van der Waals surface area contributed by atoms with Gasteiger partial charge in [-0.15, -0.1) is 11.5 Å². The first-order valence-electron chi connectivity index (χ1n) is 16.4. The molecule has 0 bridgehead atoms. The number of hydrogen-bond donors (Lipinski definition) is 2. The predicted molar refractivity (Wildman–Crippen MR) is 186 cm³/mol. The molecule has 2 N–H and O–H groups in total. The van der Waals surface area contributed by atoms with Crippen molar-refractivity contribution in [3.8, 4) is 17.2 Å². The third-order valence-electron chi connectivity index (χ3n) is 6.73. The molecular weight excluding hydrogens is 618 g/mol. The molecule has 2 amide bonds. The van der Waals surface area contributed by atoms with Gasteiger partial charge < -0.3 is 15.4 Å². The molecule has 2 saturated carbocycles. The van der Waals surface area contributed by atoms with Gasteiger partial charge in [-0.05, 0) is 64.2 Å². The number of carbonyl (C=O) groups is 2. The summed E-state index contributed by atoms with van der Waals surface area (Å²) in [6.07, 6.45) is 27.9. The molecule has 0 unspecified atom stereocenters. The van der Waals surface area contributed by atoms with E-state index in [1.807, 2.05) is 51.4 Å². The Balaban J connectivity index is 0.000000710. The zero-order chi connectivity index (χ0) is 32.0. The molecule has 0 saturated heterocycles. The van der Waals surface area contributed by atoms with Crippen LogP contribution in [0.5, 0.6) is 5.75 Å². The summed E-state index contributed by atoms with van der Waals surface area (Å²) >= 11 is 0. The Kier molecular flexibility index (Phi) is 22.3. The number of ether oxygens (including phenoxy) is 1. The van der Waals surface area contributed by atoms with Crippen LogP contribution in [0.2, 0.25) is 19.6 Å². The molecule has 0 atom stereocenters. The Morgan fingerprint density at radius 1 is 0.733 bits per heavy atom. The van der Waals surface area contributed by atoms with Crippen LogP contribution < -0.4 is 15.4 Å². The van der Waals surface area contributed by atoms with Crippen LogP contribution >= 0.6 is 0 Å².